The number of ether oxygens (including phenoxy) is 2. The van der Waals surface area contributed by atoms with Gasteiger partial charge in [-0.2, -0.15) is 0 Å². The van der Waals surface area contributed by atoms with Crippen molar-refractivity contribution in [3.63, 3.8) is 0 Å². The molecule has 0 spiro atoms. The molecule has 6 nitrogen and oxygen atoms in total. The summed E-state index contributed by atoms with van der Waals surface area (Å²) in [4.78, 5) is 11.5. The lowest BCUT2D eigenvalue weighted by atomic mass is 10.2. The van der Waals surface area contributed by atoms with Crippen LogP contribution in [0.25, 0.3) is 17.1 Å². The van der Waals surface area contributed by atoms with Gasteiger partial charge in [0.25, 0.3) is 0 Å². The smallest absolute Gasteiger partial charge is 0.316 e. The summed E-state index contributed by atoms with van der Waals surface area (Å²) >= 11 is 1.28. The van der Waals surface area contributed by atoms with E-state index in [1.54, 1.807) is 7.11 Å². The third kappa shape index (κ3) is 3.83. The van der Waals surface area contributed by atoms with E-state index in [2.05, 4.69) is 10.2 Å². The molecule has 0 aliphatic rings. The number of carbonyl (C=O) groups is 1. The average molecular weight is 355 g/mol. The number of thioether (sulfide) groups is 1. The van der Waals surface area contributed by atoms with Crippen molar-refractivity contribution >= 4 is 17.7 Å². The Bertz CT molecular complexity index is 865. The molecule has 0 saturated carbocycles. The lowest BCUT2D eigenvalue weighted by Crippen LogP contribution is -2.05. The van der Waals surface area contributed by atoms with Gasteiger partial charge < -0.3 is 9.47 Å². The Morgan fingerprint density at radius 2 is 1.88 bits per heavy atom. The minimum Gasteiger partial charge on any atom is -0.497 e. The first-order valence-electron chi connectivity index (χ1n) is 7.58. The minimum atomic E-state index is -0.310. The third-order valence-electron chi connectivity index (χ3n) is 3.52. The van der Waals surface area contributed by atoms with Crippen molar-refractivity contribution in [2.24, 2.45) is 0 Å². The van der Waals surface area contributed by atoms with Gasteiger partial charge in [-0.3, -0.25) is 9.36 Å². The molecule has 0 amide bonds. The van der Waals surface area contributed by atoms with E-state index < -0.39 is 0 Å². The summed E-state index contributed by atoms with van der Waals surface area (Å²) in [5.74, 6) is 1.27. The number of benzene rings is 2. The van der Waals surface area contributed by atoms with Gasteiger partial charge in [-0.15, -0.1) is 10.2 Å². The molecule has 0 unspecified atom stereocenters. The molecule has 0 atom stereocenters. The van der Waals surface area contributed by atoms with Crippen molar-refractivity contribution in [1.82, 2.24) is 14.8 Å². The SMILES string of the molecule is COC(=O)CSc1nnc(-c2cccc(OC)c2)n1-c1ccccc1. The maximum atomic E-state index is 11.5. The number of hydrogen-bond donors (Lipinski definition) is 0. The zero-order valence-corrected chi connectivity index (χ0v) is 14.7. The molecule has 7 heteroatoms. The highest BCUT2D eigenvalue weighted by Crippen LogP contribution is 2.29. The van der Waals surface area contributed by atoms with Crippen molar-refractivity contribution in [2.75, 3.05) is 20.0 Å². The van der Waals surface area contributed by atoms with Crippen LogP contribution in [0.4, 0.5) is 0 Å². The predicted molar refractivity (Wildman–Crippen MR) is 96.1 cm³/mol. The van der Waals surface area contributed by atoms with Crippen molar-refractivity contribution in [1.29, 1.82) is 0 Å². The Morgan fingerprint density at radius 1 is 1.08 bits per heavy atom. The highest BCUT2D eigenvalue weighted by molar-refractivity contribution is 7.99. The maximum Gasteiger partial charge on any atom is 0.316 e. The standard InChI is InChI=1S/C18H17N3O3S/c1-23-15-10-6-7-13(11-15)17-19-20-18(25-12-16(22)24-2)21(17)14-8-4-3-5-9-14/h3-11H,12H2,1-2H3. The molecule has 0 radical (unpaired) electrons. The molecule has 0 aliphatic carbocycles. The second-order valence-electron chi connectivity index (χ2n) is 5.07. The molecular formula is C18H17N3O3S. The molecule has 1 aromatic heterocycles. The van der Waals surface area contributed by atoms with E-state index in [1.165, 1.54) is 18.9 Å². The Hall–Kier alpha value is -2.80. The van der Waals surface area contributed by atoms with Gasteiger partial charge >= 0.3 is 5.97 Å². The minimum absolute atomic E-state index is 0.166. The maximum absolute atomic E-state index is 11.5. The number of esters is 1. The Balaban J connectivity index is 2.06. The van der Waals surface area contributed by atoms with Gasteiger partial charge in [0.2, 0.25) is 0 Å². The first-order valence-corrected chi connectivity index (χ1v) is 8.56. The van der Waals surface area contributed by atoms with Gasteiger partial charge in [0.05, 0.1) is 20.0 Å². The van der Waals surface area contributed by atoms with E-state index in [1.807, 2.05) is 59.2 Å². The molecular weight excluding hydrogens is 338 g/mol. The van der Waals surface area contributed by atoms with E-state index >= 15 is 0 Å². The first kappa shape index (κ1) is 17.0. The Morgan fingerprint density at radius 3 is 2.60 bits per heavy atom. The number of carbonyl (C=O) groups excluding carboxylic acids is 1. The number of rotatable bonds is 6. The number of hydrogen-bond acceptors (Lipinski definition) is 6. The van der Waals surface area contributed by atoms with Crippen LogP contribution in [0.1, 0.15) is 0 Å². The van der Waals surface area contributed by atoms with E-state index in [0.29, 0.717) is 11.0 Å². The largest absolute Gasteiger partial charge is 0.497 e. The van der Waals surface area contributed by atoms with Gasteiger partial charge in [0.1, 0.15) is 5.75 Å². The fraction of sp³-hybridized carbons (Fsp3) is 0.167. The van der Waals surface area contributed by atoms with Gasteiger partial charge in [-0.05, 0) is 24.3 Å². The topological polar surface area (TPSA) is 66.2 Å². The summed E-state index contributed by atoms with van der Waals surface area (Å²) in [7, 11) is 2.99. The molecule has 0 fully saturated rings. The second-order valence-corrected chi connectivity index (χ2v) is 6.02. The summed E-state index contributed by atoms with van der Waals surface area (Å²) < 4.78 is 11.9. The van der Waals surface area contributed by atoms with Crippen LogP contribution in [-0.4, -0.2) is 40.7 Å². The summed E-state index contributed by atoms with van der Waals surface area (Å²) in [5.41, 5.74) is 1.79. The van der Waals surface area contributed by atoms with Crippen molar-refractivity contribution in [3.8, 4) is 22.8 Å². The van der Waals surface area contributed by atoms with Crippen LogP contribution in [0.15, 0.2) is 59.8 Å². The number of nitrogens with zero attached hydrogens (tertiary/aromatic N) is 3. The fourth-order valence-corrected chi connectivity index (χ4v) is 3.09. The summed E-state index contributed by atoms with van der Waals surface area (Å²) in [6, 6.07) is 17.4. The molecule has 0 aliphatic heterocycles. The van der Waals surface area contributed by atoms with E-state index in [-0.39, 0.29) is 11.7 Å². The van der Waals surface area contributed by atoms with E-state index in [9.17, 15) is 4.79 Å². The molecule has 2 aromatic carbocycles. The molecule has 0 bridgehead atoms. The zero-order valence-electron chi connectivity index (χ0n) is 13.9. The summed E-state index contributed by atoms with van der Waals surface area (Å²) in [5, 5.41) is 9.20. The molecule has 128 valence electrons. The Kier molecular flexibility index (Phi) is 5.35. The normalized spacial score (nSPS) is 10.5. The predicted octanol–water partition coefficient (Wildman–Crippen LogP) is 3.21. The van der Waals surface area contributed by atoms with Crippen LogP contribution in [0.5, 0.6) is 5.75 Å². The van der Waals surface area contributed by atoms with Crippen molar-refractivity contribution < 1.29 is 14.3 Å². The van der Waals surface area contributed by atoms with Gasteiger partial charge in [-0.1, -0.05) is 42.1 Å². The van der Waals surface area contributed by atoms with Crippen LogP contribution >= 0.6 is 11.8 Å². The van der Waals surface area contributed by atoms with Crippen LogP contribution in [0, 0.1) is 0 Å². The summed E-state index contributed by atoms with van der Waals surface area (Å²) in [6.45, 7) is 0. The Labute approximate surface area is 149 Å². The van der Waals surface area contributed by atoms with Crippen LogP contribution < -0.4 is 4.74 Å². The molecule has 25 heavy (non-hydrogen) atoms. The molecule has 3 rings (SSSR count). The van der Waals surface area contributed by atoms with Gasteiger partial charge in [0, 0.05) is 11.3 Å². The fourth-order valence-electron chi connectivity index (χ4n) is 2.30. The third-order valence-corrected chi connectivity index (χ3v) is 4.42. The highest BCUT2D eigenvalue weighted by atomic mass is 32.2. The first-order chi connectivity index (χ1) is 12.2. The quantitative estimate of drug-likeness (QED) is 0.500. The average Bonchev–Trinajstić information content (AvgIpc) is 3.10. The van der Waals surface area contributed by atoms with Gasteiger partial charge in [-0.25, -0.2) is 0 Å². The molecule has 3 aromatic rings. The van der Waals surface area contributed by atoms with Crippen molar-refractivity contribution in [3.05, 3.63) is 54.6 Å². The second kappa shape index (κ2) is 7.85. The molecule has 0 N–H and O–H groups in total. The number of aromatic nitrogens is 3. The van der Waals surface area contributed by atoms with Crippen LogP contribution in [0.3, 0.4) is 0 Å². The van der Waals surface area contributed by atoms with Crippen LogP contribution in [0.2, 0.25) is 0 Å². The van der Waals surface area contributed by atoms with Crippen LogP contribution in [-0.2, 0) is 9.53 Å². The number of para-hydroxylation sites is 1. The molecule has 0 saturated heterocycles. The van der Waals surface area contributed by atoms with E-state index in [4.69, 9.17) is 9.47 Å². The molecule has 1 heterocycles. The summed E-state index contributed by atoms with van der Waals surface area (Å²) in [6.07, 6.45) is 0. The number of methoxy groups -OCH3 is 2. The van der Waals surface area contributed by atoms with Crippen molar-refractivity contribution in [2.45, 2.75) is 5.16 Å². The lowest BCUT2D eigenvalue weighted by molar-refractivity contribution is -0.137. The highest BCUT2D eigenvalue weighted by Gasteiger charge is 2.17. The van der Waals surface area contributed by atoms with Gasteiger partial charge in [0.15, 0.2) is 11.0 Å². The van der Waals surface area contributed by atoms with E-state index in [0.717, 1.165) is 17.0 Å². The lowest BCUT2D eigenvalue weighted by Gasteiger charge is -2.10. The monoisotopic (exact) mass is 355 g/mol. The zero-order chi connectivity index (χ0) is 17.6.